The number of fused-ring (bicyclic) bond motifs is 2. The van der Waals surface area contributed by atoms with Crippen molar-refractivity contribution >= 4 is 23.2 Å². The summed E-state index contributed by atoms with van der Waals surface area (Å²) in [7, 11) is 0. The van der Waals surface area contributed by atoms with Crippen molar-refractivity contribution in [2.75, 3.05) is 13.2 Å². The fourth-order valence-electron chi connectivity index (χ4n) is 3.45. The average molecular weight is 343 g/mol. The molecule has 1 unspecified atom stereocenters. The summed E-state index contributed by atoms with van der Waals surface area (Å²) in [6, 6.07) is 8.42. The van der Waals surface area contributed by atoms with Crippen molar-refractivity contribution in [1.82, 2.24) is 4.90 Å². The Bertz CT molecular complexity index is 790. The number of carbonyl (C=O) groups is 2. The minimum atomic E-state index is -0.986. The number of carbonyl (C=O) groups excluding carboxylic acids is 1. The lowest BCUT2D eigenvalue weighted by Crippen LogP contribution is -2.43. The molecule has 0 radical (unpaired) electrons. The first-order valence-corrected chi connectivity index (χ1v) is 8.77. The highest BCUT2D eigenvalue weighted by atomic mass is 32.1. The first-order chi connectivity index (χ1) is 11.6. The van der Waals surface area contributed by atoms with E-state index < -0.39 is 12.0 Å². The number of rotatable bonds is 2. The van der Waals surface area contributed by atoms with Gasteiger partial charge in [0.05, 0.1) is 18.1 Å². The van der Waals surface area contributed by atoms with Crippen molar-refractivity contribution in [1.29, 1.82) is 0 Å². The van der Waals surface area contributed by atoms with E-state index in [1.54, 1.807) is 6.07 Å². The van der Waals surface area contributed by atoms with E-state index in [4.69, 9.17) is 4.74 Å². The quantitative estimate of drug-likeness (QED) is 0.910. The van der Waals surface area contributed by atoms with Gasteiger partial charge < -0.3 is 14.7 Å². The number of ether oxygens (including phenoxy) is 1. The van der Waals surface area contributed by atoms with Gasteiger partial charge >= 0.3 is 5.97 Å². The van der Waals surface area contributed by atoms with Crippen LogP contribution >= 0.6 is 11.3 Å². The molecule has 124 valence electrons. The van der Waals surface area contributed by atoms with Crippen LogP contribution in [0.4, 0.5) is 0 Å². The molecule has 6 heteroatoms. The molecule has 24 heavy (non-hydrogen) atoms. The minimum absolute atomic E-state index is 0.198. The Balaban J connectivity index is 1.69. The van der Waals surface area contributed by atoms with E-state index >= 15 is 0 Å². The molecular weight excluding hydrogens is 326 g/mol. The largest absolute Gasteiger partial charge is 0.479 e. The van der Waals surface area contributed by atoms with Crippen LogP contribution in [-0.4, -0.2) is 35.0 Å². The molecule has 1 aromatic carbocycles. The van der Waals surface area contributed by atoms with Crippen LogP contribution in [0, 0.1) is 0 Å². The number of aliphatic carboxylic acids is 1. The van der Waals surface area contributed by atoms with Gasteiger partial charge in [-0.3, -0.25) is 4.79 Å². The SMILES string of the molecule is O=C(O)C1c2ccccc2CCN1C(=O)c1cc2c(s1)CCOC2. The standard InChI is InChI=1S/C18H17NO4S/c20-17(15-9-12-10-23-8-6-14(12)24-15)19-7-5-11-3-1-2-4-13(11)16(19)18(21)22/h1-4,9,16H,5-8,10H2,(H,21,22). The zero-order chi connectivity index (χ0) is 16.7. The number of benzene rings is 1. The molecule has 0 aliphatic carbocycles. The maximum Gasteiger partial charge on any atom is 0.331 e. The Hall–Kier alpha value is -2.18. The van der Waals surface area contributed by atoms with Crippen LogP contribution < -0.4 is 0 Å². The first kappa shape index (κ1) is 15.4. The number of nitrogens with zero attached hydrogens (tertiary/aromatic N) is 1. The number of hydrogen-bond donors (Lipinski definition) is 1. The third kappa shape index (κ3) is 2.52. The molecular formula is C18H17NO4S. The average Bonchev–Trinajstić information content (AvgIpc) is 3.04. The maximum absolute atomic E-state index is 13.0. The van der Waals surface area contributed by atoms with Gasteiger partial charge in [-0.1, -0.05) is 24.3 Å². The minimum Gasteiger partial charge on any atom is -0.479 e. The van der Waals surface area contributed by atoms with Gasteiger partial charge in [0.2, 0.25) is 0 Å². The van der Waals surface area contributed by atoms with E-state index in [0.29, 0.717) is 36.6 Å². The van der Waals surface area contributed by atoms with Gasteiger partial charge in [-0.25, -0.2) is 4.79 Å². The van der Waals surface area contributed by atoms with E-state index in [-0.39, 0.29) is 5.91 Å². The van der Waals surface area contributed by atoms with Gasteiger partial charge in [-0.2, -0.15) is 0 Å². The van der Waals surface area contributed by atoms with Crippen LogP contribution in [0.2, 0.25) is 0 Å². The second-order valence-corrected chi connectivity index (χ2v) is 7.19. The summed E-state index contributed by atoms with van der Waals surface area (Å²) in [6.45, 7) is 1.63. The van der Waals surface area contributed by atoms with E-state index in [1.807, 2.05) is 24.3 Å². The zero-order valence-corrected chi connectivity index (χ0v) is 13.8. The topological polar surface area (TPSA) is 66.8 Å². The third-order valence-corrected chi connectivity index (χ3v) is 5.84. The Morgan fingerprint density at radius 2 is 2.04 bits per heavy atom. The molecule has 1 aromatic heterocycles. The number of amides is 1. The zero-order valence-electron chi connectivity index (χ0n) is 13.0. The fourth-order valence-corrected chi connectivity index (χ4v) is 4.55. The smallest absolute Gasteiger partial charge is 0.331 e. The summed E-state index contributed by atoms with van der Waals surface area (Å²) in [6.07, 6.45) is 1.50. The van der Waals surface area contributed by atoms with Crippen LogP contribution in [0.3, 0.4) is 0 Å². The summed E-state index contributed by atoms with van der Waals surface area (Å²) < 4.78 is 5.43. The van der Waals surface area contributed by atoms with Crippen molar-refractivity contribution in [3.05, 3.63) is 56.8 Å². The number of carboxylic acids is 1. The van der Waals surface area contributed by atoms with Gasteiger partial charge in [0.1, 0.15) is 0 Å². The Morgan fingerprint density at radius 3 is 2.83 bits per heavy atom. The molecule has 1 amide bonds. The molecule has 2 aliphatic rings. The van der Waals surface area contributed by atoms with Crippen molar-refractivity contribution in [3.63, 3.8) is 0 Å². The molecule has 4 rings (SSSR count). The van der Waals surface area contributed by atoms with Crippen molar-refractivity contribution < 1.29 is 19.4 Å². The molecule has 0 fully saturated rings. The van der Waals surface area contributed by atoms with Gasteiger partial charge in [-0.15, -0.1) is 11.3 Å². The molecule has 1 atom stereocenters. The van der Waals surface area contributed by atoms with E-state index in [9.17, 15) is 14.7 Å². The lowest BCUT2D eigenvalue weighted by molar-refractivity contribution is -0.143. The van der Waals surface area contributed by atoms with Crippen LogP contribution in [0.15, 0.2) is 30.3 Å². The molecule has 5 nitrogen and oxygen atoms in total. The molecule has 0 bridgehead atoms. The first-order valence-electron chi connectivity index (χ1n) is 7.96. The van der Waals surface area contributed by atoms with Crippen molar-refractivity contribution in [2.45, 2.75) is 25.5 Å². The number of carboxylic acid groups (broad SMARTS) is 1. The highest BCUT2D eigenvalue weighted by molar-refractivity contribution is 7.14. The highest BCUT2D eigenvalue weighted by Gasteiger charge is 2.37. The lowest BCUT2D eigenvalue weighted by atomic mass is 9.92. The van der Waals surface area contributed by atoms with Crippen LogP contribution in [-0.2, 0) is 29.0 Å². The lowest BCUT2D eigenvalue weighted by Gasteiger charge is -2.34. The molecule has 2 aromatic rings. The van der Waals surface area contributed by atoms with Gasteiger partial charge in [0.15, 0.2) is 6.04 Å². The predicted molar refractivity (Wildman–Crippen MR) is 89.2 cm³/mol. The molecule has 3 heterocycles. The van der Waals surface area contributed by atoms with Crippen LogP contribution in [0.1, 0.15) is 37.3 Å². The monoisotopic (exact) mass is 343 g/mol. The van der Waals surface area contributed by atoms with Gasteiger partial charge in [-0.05, 0) is 29.2 Å². The summed E-state index contributed by atoms with van der Waals surface area (Å²) in [5, 5.41) is 9.70. The van der Waals surface area contributed by atoms with E-state index in [2.05, 4.69) is 0 Å². The predicted octanol–water partition coefficient (Wildman–Crippen LogP) is 2.65. The summed E-state index contributed by atoms with van der Waals surface area (Å²) in [5.41, 5.74) is 2.78. The number of thiophene rings is 1. The van der Waals surface area contributed by atoms with E-state index in [1.165, 1.54) is 21.1 Å². The highest BCUT2D eigenvalue weighted by Crippen LogP contribution is 2.34. The van der Waals surface area contributed by atoms with Crippen molar-refractivity contribution in [2.24, 2.45) is 0 Å². The Kier molecular flexibility index (Phi) is 3.86. The van der Waals surface area contributed by atoms with Gasteiger partial charge in [0.25, 0.3) is 5.91 Å². The fraction of sp³-hybridized carbons (Fsp3) is 0.333. The summed E-state index contributed by atoms with van der Waals surface area (Å²) >= 11 is 1.47. The molecule has 0 spiro atoms. The second-order valence-electron chi connectivity index (χ2n) is 6.05. The normalized spacial score (nSPS) is 19.5. The summed E-state index contributed by atoms with van der Waals surface area (Å²) in [4.78, 5) is 28.1. The van der Waals surface area contributed by atoms with Crippen molar-refractivity contribution in [3.8, 4) is 0 Å². The molecule has 1 N–H and O–H groups in total. The summed E-state index contributed by atoms with van der Waals surface area (Å²) in [5.74, 6) is -1.18. The van der Waals surface area contributed by atoms with E-state index in [0.717, 1.165) is 17.5 Å². The molecule has 0 saturated heterocycles. The Morgan fingerprint density at radius 1 is 1.21 bits per heavy atom. The molecule has 2 aliphatic heterocycles. The molecule has 0 saturated carbocycles. The second kappa shape index (κ2) is 6.03. The maximum atomic E-state index is 13.0. The van der Waals surface area contributed by atoms with Crippen LogP contribution in [0.5, 0.6) is 0 Å². The Labute approximate surface area is 143 Å². The van der Waals surface area contributed by atoms with Crippen LogP contribution in [0.25, 0.3) is 0 Å². The third-order valence-electron chi connectivity index (χ3n) is 4.62. The van der Waals surface area contributed by atoms with Gasteiger partial charge in [0, 0.05) is 17.8 Å². The number of hydrogen-bond acceptors (Lipinski definition) is 4.